The van der Waals surface area contributed by atoms with Crippen LogP contribution in [-0.2, 0) is 0 Å². The zero-order valence-electron chi connectivity index (χ0n) is 31.1. The monoisotopic (exact) mass is 722 g/mol. The van der Waals surface area contributed by atoms with Gasteiger partial charge in [-0.25, -0.2) is 0 Å². The van der Waals surface area contributed by atoms with Crippen molar-refractivity contribution in [3.05, 3.63) is 200 Å². The number of nitrogens with zero attached hydrogens (tertiary/aromatic N) is 3. The van der Waals surface area contributed by atoms with Crippen LogP contribution < -0.4 is 10.6 Å². The van der Waals surface area contributed by atoms with Gasteiger partial charge in [0.15, 0.2) is 0 Å². The molecule has 8 aromatic rings. The van der Waals surface area contributed by atoms with Gasteiger partial charge in [0.2, 0.25) is 0 Å². The summed E-state index contributed by atoms with van der Waals surface area (Å²) in [5.41, 5.74) is 19.6. The van der Waals surface area contributed by atoms with E-state index in [2.05, 4.69) is 210 Å². The Morgan fingerprint density at radius 3 is 2.20 bits per heavy atom. The van der Waals surface area contributed by atoms with E-state index < -0.39 is 0 Å². The van der Waals surface area contributed by atoms with Crippen molar-refractivity contribution in [2.45, 2.75) is 24.9 Å². The van der Waals surface area contributed by atoms with Crippen LogP contribution in [0.3, 0.4) is 0 Å². The number of para-hydroxylation sites is 3. The Bertz CT molecular complexity index is 2810. The summed E-state index contributed by atoms with van der Waals surface area (Å²) in [6.45, 7) is 0. The summed E-state index contributed by atoms with van der Waals surface area (Å²) in [6, 6.07) is 61.1. The molecule has 0 fully saturated rings. The predicted octanol–water partition coefficient (Wildman–Crippen LogP) is 12.9. The van der Waals surface area contributed by atoms with Crippen molar-refractivity contribution in [3.63, 3.8) is 0 Å². The van der Waals surface area contributed by atoms with E-state index in [-0.39, 0.29) is 12.1 Å². The Hall–Kier alpha value is -6.75. The average Bonchev–Trinajstić information content (AvgIpc) is 3.56. The number of anilines is 2. The van der Waals surface area contributed by atoms with Crippen LogP contribution in [0.4, 0.5) is 11.4 Å². The highest BCUT2D eigenvalue weighted by Gasteiger charge is 2.30. The summed E-state index contributed by atoms with van der Waals surface area (Å²) >= 11 is 0. The van der Waals surface area contributed by atoms with Crippen LogP contribution in [0, 0.1) is 5.92 Å². The number of fused-ring (bicyclic) bond motifs is 8. The summed E-state index contributed by atoms with van der Waals surface area (Å²) in [5, 5.41) is 3.69. The predicted molar refractivity (Wildman–Crippen MR) is 236 cm³/mol. The normalized spacial score (nSPS) is 15.7. The molecular weight excluding hydrogens is 681 g/mol. The summed E-state index contributed by atoms with van der Waals surface area (Å²) < 4.78 is 2.46. The fraction of sp³-hybridized carbons (Fsp3) is 0.0962. The van der Waals surface area contributed by atoms with Gasteiger partial charge in [0.1, 0.15) is 0 Å². The maximum Gasteiger partial charge on any atom is 0.0948 e. The van der Waals surface area contributed by atoms with E-state index in [1.54, 1.807) is 0 Å². The lowest BCUT2D eigenvalue weighted by Gasteiger charge is -2.26. The third kappa shape index (κ3) is 6.05. The number of aliphatic imine (C=N–C) groups is 1. The molecule has 1 aliphatic heterocycles. The molecule has 2 aliphatic rings. The van der Waals surface area contributed by atoms with E-state index in [1.807, 2.05) is 0 Å². The summed E-state index contributed by atoms with van der Waals surface area (Å²) in [5.74, 6) is 0.291. The number of benzene rings is 7. The molecule has 56 heavy (non-hydrogen) atoms. The van der Waals surface area contributed by atoms with Gasteiger partial charge in [-0.1, -0.05) is 158 Å². The Kier molecular flexibility index (Phi) is 8.74. The molecule has 10 rings (SSSR count). The van der Waals surface area contributed by atoms with Crippen molar-refractivity contribution in [3.8, 4) is 39.2 Å². The molecule has 7 aromatic carbocycles. The molecule has 1 aromatic heterocycles. The molecule has 1 aliphatic carbocycles. The number of hydrogen-bond donors (Lipinski definition) is 1. The zero-order chi connectivity index (χ0) is 37.4. The third-order valence-electron chi connectivity index (χ3n) is 11.5. The molecule has 0 saturated carbocycles. The van der Waals surface area contributed by atoms with Crippen molar-refractivity contribution in [1.82, 2.24) is 4.57 Å². The second-order valence-electron chi connectivity index (χ2n) is 14.9. The van der Waals surface area contributed by atoms with Gasteiger partial charge in [0.05, 0.1) is 35.0 Å². The zero-order valence-corrected chi connectivity index (χ0v) is 31.1. The minimum Gasteiger partial charge on any atom is -0.327 e. The standard InChI is InChI=1S/C52H42N4/c53-46(37-17-3-1-4-18-37)34-47(38-19-5-2-6-20-38)54-35-55-48-27-12-9-24-43(48)51-44-25-10-14-29-50(44)56(52(51)45-26-11-13-28-49(45)55)42-23-15-22-40(33-42)41-31-30-36-16-7-8-21-39(36)32-41/h1-17,19-33,35,37,46-47H,18,34,53H2/b54-35+. The minimum absolute atomic E-state index is 0.0249. The molecule has 4 nitrogen and oxygen atoms in total. The number of nitrogens with two attached hydrogens (primary N) is 1. The molecule has 0 radical (unpaired) electrons. The van der Waals surface area contributed by atoms with Crippen molar-refractivity contribution < 1.29 is 0 Å². The maximum absolute atomic E-state index is 6.94. The first-order chi connectivity index (χ1) is 27.7. The van der Waals surface area contributed by atoms with Gasteiger partial charge in [-0.05, 0) is 82.6 Å². The van der Waals surface area contributed by atoms with Gasteiger partial charge in [-0.2, -0.15) is 0 Å². The lowest BCUT2D eigenvalue weighted by molar-refractivity contribution is 0.438. The SMILES string of the molecule is NC(CC(/N=C/N1c2ccccc2-c2c(n(-c3cccc(-c4ccc5ccccc5c4)c3)c3ccccc23)-c2ccccc21)c1ccccc1)C1C=CC=CC1. The van der Waals surface area contributed by atoms with E-state index in [9.17, 15) is 0 Å². The molecule has 0 bridgehead atoms. The first-order valence-corrected chi connectivity index (χ1v) is 19.6. The molecule has 2 heterocycles. The van der Waals surface area contributed by atoms with Crippen molar-refractivity contribution in [2.24, 2.45) is 16.6 Å². The van der Waals surface area contributed by atoms with Gasteiger partial charge in [0, 0.05) is 33.8 Å². The van der Waals surface area contributed by atoms with Crippen LogP contribution in [0.15, 0.2) is 199 Å². The highest BCUT2D eigenvalue weighted by molar-refractivity contribution is 6.14. The van der Waals surface area contributed by atoms with Crippen LogP contribution in [-0.4, -0.2) is 16.9 Å². The van der Waals surface area contributed by atoms with E-state index in [0.29, 0.717) is 5.92 Å². The smallest absolute Gasteiger partial charge is 0.0948 e. The van der Waals surface area contributed by atoms with E-state index in [1.165, 1.54) is 44.1 Å². The van der Waals surface area contributed by atoms with Crippen LogP contribution in [0.5, 0.6) is 0 Å². The van der Waals surface area contributed by atoms with Gasteiger partial charge < -0.3 is 15.2 Å². The second kappa shape index (κ2) is 14.5. The molecule has 0 saturated heterocycles. The molecule has 2 N–H and O–H groups in total. The molecular formula is C52H42N4. The summed E-state index contributed by atoms with van der Waals surface area (Å²) in [7, 11) is 0. The van der Waals surface area contributed by atoms with Crippen LogP contribution in [0.2, 0.25) is 0 Å². The molecule has 3 unspecified atom stereocenters. The number of rotatable bonds is 8. The average molecular weight is 723 g/mol. The maximum atomic E-state index is 6.94. The van der Waals surface area contributed by atoms with Crippen molar-refractivity contribution >= 4 is 39.4 Å². The molecule has 0 amide bonds. The topological polar surface area (TPSA) is 46.5 Å². The van der Waals surface area contributed by atoms with Gasteiger partial charge >= 0.3 is 0 Å². The van der Waals surface area contributed by atoms with Gasteiger partial charge in [-0.15, -0.1) is 0 Å². The molecule has 270 valence electrons. The number of allylic oxidation sites excluding steroid dienone is 3. The minimum atomic E-state index is -0.108. The first kappa shape index (κ1) is 33.8. The second-order valence-corrected chi connectivity index (χ2v) is 14.9. The van der Waals surface area contributed by atoms with Crippen LogP contribution >= 0.6 is 0 Å². The van der Waals surface area contributed by atoms with Crippen molar-refractivity contribution in [1.29, 1.82) is 0 Å². The fourth-order valence-electron chi connectivity index (χ4n) is 8.72. The Morgan fingerprint density at radius 2 is 1.36 bits per heavy atom. The summed E-state index contributed by atoms with van der Waals surface area (Å²) in [4.78, 5) is 7.71. The number of hydrogen-bond acceptors (Lipinski definition) is 2. The molecule has 3 atom stereocenters. The molecule has 4 heteroatoms. The van der Waals surface area contributed by atoms with Gasteiger partial charge in [-0.3, -0.25) is 4.99 Å². The highest BCUT2D eigenvalue weighted by atomic mass is 15.2. The highest BCUT2D eigenvalue weighted by Crippen LogP contribution is 2.52. The van der Waals surface area contributed by atoms with E-state index in [4.69, 9.17) is 10.7 Å². The quantitative estimate of drug-likeness (QED) is 0.125. The van der Waals surface area contributed by atoms with E-state index in [0.717, 1.165) is 46.6 Å². The summed E-state index contributed by atoms with van der Waals surface area (Å²) in [6.07, 6.45) is 12.4. The van der Waals surface area contributed by atoms with Crippen LogP contribution in [0.1, 0.15) is 24.4 Å². The lowest BCUT2D eigenvalue weighted by atomic mass is 9.87. The lowest BCUT2D eigenvalue weighted by Crippen LogP contribution is -2.31. The van der Waals surface area contributed by atoms with Crippen molar-refractivity contribution in [2.75, 3.05) is 4.90 Å². The largest absolute Gasteiger partial charge is 0.327 e. The fourth-order valence-corrected chi connectivity index (χ4v) is 8.72. The Balaban J connectivity index is 1.14. The van der Waals surface area contributed by atoms with Gasteiger partial charge in [0.25, 0.3) is 0 Å². The first-order valence-electron chi connectivity index (χ1n) is 19.6. The molecule has 0 spiro atoms. The Morgan fingerprint density at radius 1 is 0.643 bits per heavy atom. The van der Waals surface area contributed by atoms with Crippen LogP contribution in [0.25, 0.3) is 60.9 Å². The number of aromatic nitrogens is 1. The third-order valence-corrected chi connectivity index (χ3v) is 11.5. The Labute approximate surface area is 328 Å². The van der Waals surface area contributed by atoms with E-state index >= 15 is 0 Å².